The maximum absolute atomic E-state index is 11.5. The second-order valence-corrected chi connectivity index (χ2v) is 5.45. The molecule has 4 nitrogen and oxygen atoms in total. The largest absolute Gasteiger partial charge is 0.491 e. The summed E-state index contributed by atoms with van der Waals surface area (Å²) in [5.74, 6) is 1.35. The number of Topliss-reactive ketones (excluding diaryl/α,β-unsaturated/α-hetero) is 1. The Hall–Kier alpha value is -1.10. The molecule has 2 rings (SSSR count). The first kappa shape index (κ1) is 18.0. The van der Waals surface area contributed by atoms with Gasteiger partial charge in [0.15, 0.2) is 5.78 Å². The topological polar surface area (TPSA) is 55.6 Å². The van der Waals surface area contributed by atoms with Crippen LogP contribution in [0.4, 0.5) is 0 Å². The van der Waals surface area contributed by atoms with E-state index in [2.05, 4.69) is 4.90 Å². The first-order chi connectivity index (χ1) is 9.70. The average molecular weight is 313 g/mol. The minimum absolute atomic E-state index is 0. The molecule has 1 aromatic rings. The summed E-state index contributed by atoms with van der Waals surface area (Å²) < 4.78 is 5.78. The normalized spacial score (nSPS) is 18.9. The molecule has 0 aromatic heterocycles. The van der Waals surface area contributed by atoms with E-state index in [0.717, 1.165) is 26.2 Å². The molecule has 5 heteroatoms. The molecular formula is C16H25ClN2O2. The molecule has 118 valence electrons. The lowest BCUT2D eigenvalue weighted by atomic mass is 9.98. The van der Waals surface area contributed by atoms with Crippen LogP contribution in [0.2, 0.25) is 0 Å². The number of likely N-dealkylation sites (tertiary alicyclic amines) is 1. The molecule has 0 spiro atoms. The second kappa shape index (κ2) is 9.03. The lowest BCUT2D eigenvalue weighted by Crippen LogP contribution is -2.40. The smallest absolute Gasteiger partial charge is 0.163 e. The summed E-state index contributed by atoms with van der Waals surface area (Å²) >= 11 is 0. The van der Waals surface area contributed by atoms with E-state index in [1.807, 2.05) is 24.3 Å². The quantitative estimate of drug-likeness (QED) is 0.819. The van der Waals surface area contributed by atoms with E-state index in [-0.39, 0.29) is 18.2 Å². The van der Waals surface area contributed by atoms with Crippen molar-refractivity contribution >= 4 is 18.2 Å². The highest BCUT2D eigenvalue weighted by Gasteiger charge is 2.18. The highest BCUT2D eigenvalue weighted by Crippen LogP contribution is 2.19. The lowest BCUT2D eigenvalue weighted by molar-refractivity contribution is 0.101. The van der Waals surface area contributed by atoms with Gasteiger partial charge in [-0.1, -0.05) is 12.1 Å². The van der Waals surface area contributed by atoms with Crippen molar-refractivity contribution < 1.29 is 9.53 Å². The molecule has 1 heterocycles. The predicted molar refractivity (Wildman–Crippen MR) is 87.4 cm³/mol. The first-order valence-corrected chi connectivity index (χ1v) is 7.36. The molecule has 0 bridgehead atoms. The van der Waals surface area contributed by atoms with Crippen molar-refractivity contribution in [1.29, 1.82) is 0 Å². The standard InChI is InChI=1S/C16H24N2O2.ClH/c1-13(19)15-6-2-3-7-16(15)20-10-9-18-8-4-5-14(11-17)12-18;/h2-3,6-7,14H,4-5,8-12,17H2,1H3;1H. The van der Waals surface area contributed by atoms with E-state index in [4.69, 9.17) is 10.5 Å². The molecular weight excluding hydrogens is 288 g/mol. The number of hydrogen-bond donors (Lipinski definition) is 1. The maximum Gasteiger partial charge on any atom is 0.163 e. The predicted octanol–water partition coefficient (Wildman–Crippen LogP) is 2.36. The number of nitrogens with zero attached hydrogens (tertiary/aromatic N) is 1. The Labute approximate surface area is 133 Å². The molecule has 1 unspecified atom stereocenters. The molecule has 1 aliphatic rings. The fraction of sp³-hybridized carbons (Fsp3) is 0.562. The number of para-hydroxylation sites is 1. The molecule has 1 atom stereocenters. The van der Waals surface area contributed by atoms with Crippen LogP contribution in [-0.4, -0.2) is 43.5 Å². The van der Waals surface area contributed by atoms with E-state index >= 15 is 0 Å². The van der Waals surface area contributed by atoms with Crippen molar-refractivity contribution in [3.63, 3.8) is 0 Å². The molecule has 21 heavy (non-hydrogen) atoms. The van der Waals surface area contributed by atoms with Gasteiger partial charge < -0.3 is 10.5 Å². The maximum atomic E-state index is 11.5. The molecule has 0 aliphatic carbocycles. The summed E-state index contributed by atoms with van der Waals surface area (Å²) in [6, 6.07) is 7.42. The van der Waals surface area contributed by atoms with E-state index in [1.165, 1.54) is 12.8 Å². The second-order valence-electron chi connectivity index (χ2n) is 5.45. The third kappa shape index (κ3) is 5.30. The molecule has 1 aromatic carbocycles. The number of piperidine rings is 1. The SMILES string of the molecule is CC(=O)c1ccccc1OCCN1CCCC(CN)C1.Cl. The Morgan fingerprint density at radius 2 is 2.19 bits per heavy atom. The number of hydrogen-bond acceptors (Lipinski definition) is 4. The number of carbonyl (C=O) groups excluding carboxylic acids is 1. The van der Waals surface area contributed by atoms with Crippen LogP contribution in [0.1, 0.15) is 30.1 Å². The summed E-state index contributed by atoms with van der Waals surface area (Å²) in [6.07, 6.45) is 2.45. The fourth-order valence-electron chi connectivity index (χ4n) is 2.71. The molecule has 0 amide bonds. The first-order valence-electron chi connectivity index (χ1n) is 7.36. The molecule has 1 saturated heterocycles. The number of halogens is 1. The Bertz CT molecular complexity index is 454. The summed E-state index contributed by atoms with van der Waals surface area (Å²) in [7, 11) is 0. The van der Waals surface area contributed by atoms with Gasteiger partial charge in [0.05, 0.1) is 5.56 Å². The van der Waals surface area contributed by atoms with Crippen molar-refractivity contribution in [1.82, 2.24) is 4.90 Å². The minimum atomic E-state index is 0. The minimum Gasteiger partial charge on any atom is -0.491 e. The Morgan fingerprint density at radius 3 is 2.90 bits per heavy atom. The third-order valence-electron chi connectivity index (χ3n) is 3.87. The fourth-order valence-corrected chi connectivity index (χ4v) is 2.71. The van der Waals surface area contributed by atoms with E-state index in [9.17, 15) is 4.79 Å². The molecule has 1 aliphatic heterocycles. The lowest BCUT2D eigenvalue weighted by Gasteiger charge is -2.31. The average Bonchev–Trinajstić information content (AvgIpc) is 2.48. The van der Waals surface area contributed by atoms with Gasteiger partial charge in [-0.05, 0) is 50.9 Å². The van der Waals surface area contributed by atoms with Crippen LogP contribution in [0.5, 0.6) is 5.75 Å². The molecule has 0 saturated carbocycles. The monoisotopic (exact) mass is 312 g/mol. The van der Waals surface area contributed by atoms with Crippen molar-refractivity contribution in [2.24, 2.45) is 11.7 Å². The van der Waals surface area contributed by atoms with Crippen molar-refractivity contribution in [3.05, 3.63) is 29.8 Å². The number of benzene rings is 1. The third-order valence-corrected chi connectivity index (χ3v) is 3.87. The van der Waals surface area contributed by atoms with E-state index in [0.29, 0.717) is 23.8 Å². The van der Waals surface area contributed by atoms with E-state index in [1.54, 1.807) is 6.92 Å². The summed E-state index contributed by atoms with van der Waals surface area (Å²) in [6.45, 7) is 6.02. The van der Waals surface area contributed by atoms with Gasteiger partial charge in [-0.2, -0.15) is 0 Å². The number of ketones is 1. The number of carbonyl (C=O) groups is 1. The number of nitrogens with two attached hydrogens (primary N) is 1. The summed E-state index contributed by atoms with van der Waals surface area (Å²) in [5.41, 5.74) is 6.40. The molecule has 1 fully saturated rings. The van der Waals surface area contributed by atoms with Crippen molar-refractivity contribution in [2.75, 3.05) is 32.8 Å². The van der Waals surface area contributed by atoms with Gasteiger partial charge in [0.2, 0.25) is 0 Å². The van der Waals surface area contributed by atoms with Crippen LogP contribution in [0, 0.1) is 5.92 Å². The molecule has 2 N–H and O–H groups in total. The highest BCUT2D eigenvalue weighted by molar-refractivity contribution is 5.96. The van der Waals surface area contributed by atoms with Gasteiger partial charge in [-0.25, -0.2) is 0 Å². The van der Waals surface area contributed by atoms with Crippen LogP contribution < -0.4 is 10.5 Å². The number of ether oxygens (including phenoxy) is 1. The van der Waals surface area contributed by atoms with Crippen LogP contribution in [-0.2, 0) is 0 Å². The van der Waals surface area contributed by atoms with Crippen molar-refractivity contribution in [3.8, 4) is 5.75 Å². The van der Waals surface area contributed by atoms with Gasteiger partial charge >= 0.3 is 0 Å². The van der Waals surface area contributed by atoms with Crippen molar-refractivity contribution in [2.45, 2.75) is 19.8 Å². The summed E-state index contributed by atoms with van der Waals surface area (Å²) in [4.78, 5) is 13.9. The summed E-state index contributed by atoms with van der Waals surface area (Å²) in [5, 5.41) is 0. The van der Waals surface area contributed by atoms with Crippen LogP contribution in [0.3, 0.4) is 0 Å². The Balaban J connectivity index is 0.00000220. The molecule has 0 radical (unpaired) electrons. The van der Waals surface area contributed by atoms with Gasteiger partial charge in [0.1, 0.15) is 12.4 Å². The van der Waals surface area contributed by atoms with Crippen LogP contribution >= 0.6 is 12.4 Å². The van der Waals surface area contributed by atoms with Gasteiger partial charge in [0, 0.05) is 13.1 Å². The Morgan fingerprint density at radius 1 is 1.43 bits per heavy atom. The van der Waals surface area contributed by atoms with Gasteiger partial charge in [0.25, 0.3) is 0 Å². The zero-order chi connectivity index (χ0) is 14.4. The Kier molecular flexibility index (Phi) is 7.72. The zero-order valence-corrected chi connectivity index (χ0v) is 13.4. The zero-order valence-electron chi connectivity index (χ0n) is 12.6. The van der Waals surface area contributed by atoms with E-state index < -0.39 is 0 Å². The van der Waals surface area contributed by atoms with Crippen LogP contribution in [0.15, 0.2) is 24.3 Å². The van der Waals surface area contributed by atoms with Gasteiger partial charge in [-0.15, -0.1) is 12.4 Å². The van der Waals surface area contributed by atoms with Gasteiger partial charge in [-0.3, -0.25) is 9.69 Å². The highest BCUT2D eigenvalue weighted by atomic mass is 35.5. The number of rotatable bonds is 6. The van der Waals surface area contributed by atoms with Crippen LogP contribution in [0.25, 0.3) is 0 Å².